The summed E-state index contributed by atoms with van der Waals surface area (Å²) < 4.78 is 28.0. The number of aromatic nitrogens is 2. The fourth-order valence-corrected chi connectivity index (χ4v) is 4.54. The molecule has 0 radical (unpaired) electrons. The Morgan fingerprint density at radius 2 is 2.09 bits per heavy atom. The lowest BCUT2D eigenvalue weighted by Gasteiger charge is -2.32. The van der Waals surface area contributed by atoms with Gasteiger partial charge in [-0.15, -0.1) is 0 Å². The highest BCUT2D eigenvalue weighted by atomic mass is 19.1. The number of nitrogens with one attached hydrogen (secondary N) is 1. The SMILES string of the molecule is CNC(=O)c1ccc(-c2nc3cc(C4CC4)ccn3c2C[C@H]2CN(C(=O)OC)CCO2)c(F)c1. The molecule has 3 aromatic rings. The van der Waals surface area contributed by atoms with E-state index in [0.29, 0.717) is 43.3 Å². The molecule has 2 aromatic heterocycles. The van der Waals surface area contributed by atoms with E-state index in [0.717, 1.165) is 11.3 Å². The third-order valence-electron chi connectivity index (χ3n) is 6.50. The molecule has 8 nitrogen and oxygen atoms in total. The first kappa shape index (κ1) is 22.3. The Labute approximate surface area is 196 Å². The number of imidazole rings is 1. The molecule has 0 unspecified atom stereocenters. The van der Waals surface area contributed by atoms with Crippen molar-refractivity contribution in [2.75, 3.05) is 33.9 Å². The number of fused-ring (bicyclic) bond motifs is 1. The summed E-state index contributed by atoms with van der Waals surface area (Å²) in [7, 11) is 2.87. The van der Waals surface area contributed by atoms with E-state index < -0.39 is 11.9 Å². The van der Waals surface area contributed by atoms with Crippen molar-refractivity contribution in [1.82, 2.24) is 19.6 Å². The molecule has 1 aromatic carbocycles. The van der Waals surface area contributed by atoms with E-state index in [2.05, 4.69) is 17.4 Å². The highest BCUT2D eigenvalue weighted by Crippen LogP contribution is 2.40. The van der Waals surface area contributed by atoms with Gasteiger partial charge < -0.3 is 24.1 Å². The van der Waals surface area contributed by atoms with Crippen LogP contribution < -0.4 is 5.32 Å². The monoisotopic (exact) mass is 466 g/mol. The van der Waals surface area contributed by atoms with Gasteiger partial charge in [-0.1, -0.05) is 0 Å². The Balaban J connectivity index is 1.55. The van der Waals surface area contributed by atoms with Gasteiger partial charge in [-0.25, -0.2) is 14.2 Å². The number of pyridine rings is 1. The second-order valence-corrected chi connectivity index (χ2v) is 8.76. The standard InChI is InChI=1S/C25H27FN4O4/c1-27-24(31)17-5-6-19(20(26)11-17)23-21(13-18-14-29(9-10-34-18)25(32)33-2)30-8-7-16(15-3-4-15)12-22(30)28-23/h5-8,11-12,15,18H,3-4,9-10,13-14H2,1-2H3,(H,27,31)/t18-/m0/s1. The number of hydrogen-bond acceptors (Lipinski definition) is 5. The van der Waals surface area contributed by atoms with Gasteiger partial charge in [-0.3, -0.25) is 4.79 Å². The lowest BCUT2D eigenvalue weighted by molar-refractivity contribution is -0.0241. The molecular formula is C25H27FN4O4. The Kier molecular flexibility index (Phi) is 5.95. The summed E-state index contributed by atoms with van der Waals surface area (Å²) in [6.07, 6.45) is 4.08. The molecule has 0 bridgehead atoms. The Bertz CT molecular complexity index is 1250. The third kappa shape index (κ3) is 4.23. The Hall–Kier alpha value is -3.46. The van der Waals surface area contributed by atoms with Gasteiger partial charge >= 0.3 is 6.09 Å². The topological polar surface area (TPSA) is 85.2 Å². The molecule has 3 heterocycles. The van der Waals surface area contributed by atoms with Gasteiger partial charge in [0.05, 0.1) is 37.8 Å². The molecule has 2 fully saturated rings. The highest BCUT2D eigenvalue weighted by Gasteiger charge is 2.29. The Morgan fingerprint density at radius 3 is 2.79 bits per heavy atom. The summed E-state index contributed by atoms with van der Waals surface area (Å²) in [4.78, 5) is 30.4. The van der Waals surface area contributed by atoms with E-state index in [4.69, 9.17) is 14.5 Å². The molecule has 1 saturated carbocycles. The zero-order valence-corrected chi connectivity index (χ0v) is 19.2. The lowest BCUT2D eigenvalue weighted by atomic mass is 10.0. The summed E-state index contributed by atoms with van der Waals surface area (Å²) in [5.74, 6) is -0.311. The maximum atomic E-state index is 15.2. The molecule has 1 aliphatic heterocycles. The highest BCUT2D eigenvalue weighted by molar-refractivity contribution is 5.94. The van der Waals surface area contributed by atoms with E-state index in [1.165, 1.54) is 38.6 Å². The third-order valence-corrected chi connectivity index (χ3v) is 6.50. The number of hydrogen-bond donors (Lipinski definition) is 1. The van der Waals surface area contributed by atoms with Crippen LogP contribution in [0, 0.1) is 5.82 Å². The van der Waals surface area contributed by atoms with E-state index in [-0.39, 0.29) is 17.6 Å². The van der Waals surface area contributed by atoms with Crippen molar-refractivity contribution in [1.29, 1.82) is 0 Å². The van der Waals surface area contributed by atoms with E-state index in [9.17, 15) is 9.59 Å². The minimum Gasteiger partial charge on any atom is -0.453 e. The second-order valence-electron chi connectivity index (χ2n) is 8.76. The average Bonchev–Trinajstić information content (AvgIpc) is 3.66. The van der Waals surface area contributed by atoms with Crippen molar-refractivity contribution in [3.8, 4) is 11.3 Å². The first-order chi connectivity index (χ1) is 16.5. The molecule has 178 valence electrons. The van der Waals surface area contributed by atoms with Crippen LogP contribution in [0.1, 0.15) is 40.4 Å². The number of morpholine rings is 1. The van der Waals surface area contributed by atoms with Gasteiger partial charge in [-0.05, 0) is 54.7 Å². The number of carbonyl (C=O) groups is 2. The fourth-order valence-electron chi connectivity index (χ4n) is 4.54. The molecule has 1 atom stereocenters. The minimum atomic E-state index is -0.520. The maximum absolute atomic E-state index is 15.2. The fraction of sp³-hybridized carbons (Fsp3) is 0.400. The van der Waals surface area contributed by atoms with Crippen LogP contribution in [0.15, 0.2) is 36.5 Å². The van der Waals surface area contributed by atoms with Gasteiger partial charge in [0.2, 0.25) is 0 Å². The van der Waals surface area contributed by atoms with Crippen LogP contribution in [0.25, 0.3) is 16.9 Å². The van der Waals surface area contributed by atoms with Crippen molar-refractivity contribution in [2.24, 2.45) is 0 Å². The van der Waals surface area contributed by atoms with E-state index in [1.54, 1.807) is 17.0 Å². The number of benzene rings is 1. The normalized spacial score (nSPS) is 18.2. The first-order valence-corrected chi connectivity index (χ1v) is 11.5. The molecule has 2 amide bonds. The largest absolute Gasteiger partial charge is 0.453 e. The molecule has 34 heavy (non-hydrogen) atoms. The van der Waals surface area contributed by atoms with E-state index >= 15 is 4.39 Å². The smallest absolute Gasteiger partial charge is 0.409 e. The van der Waals surface area contributed by atoms with Crippen LogP contribution in [-0.2, 0) is 15.9 Å². The molecule has 0 spiro atoms. The van der Waals surface area contributed by atoms with Crippen LogP contribution in [0.2, 0.25) is 0 Å². The minimum absolute atomic E-state index is 0.245. The number of halogens is 1. The van der Waals surface area contributed by atoms with Crippen molar-refractivity contribution in [3.63, 3.8) is 0 Å². The van der Waals surface area contributed by atoms with Crippen LogP contribution in [0.3, 0.4) is 0 Å². The van der Waals surface area contributed by atoms with Gasteiger partial charge in [0.25, 0.3) is 5.91 Å². The number of ether oxygens (including phenoxy) is 2. The van der Waals surface area contributed by atoms with Gasteiger partial charge in [0.15, 0.2) is 0 Å². The molecule has 1 N–H and O–H groups in total. The van der Waals surface area contributed by atoms with Gasteiger partial charge in [0.1, 0.15) is 11.5 Å². The first-order valence-electron chi connectivity index (χ1n) is 11.5. The number of amides is 2. The number of rotatable bonds is 5. The molecule has 2 aliphatic rings. The summed E-state index contributed by atoms with van der Waals surface area (Å²) in [6, 6.07) is 8.57. The van der Waals surface area contributed by atoms with Crippen LogP contribution in [0.4, 0.5) is 9.18 Å². The van der Waals surface area contributed by atoms with Gasteiger partial charge in [0, 0.05) is 37.3 Å². The summed E-state index contributed by atoms with van der Waals surface area (Å²) in [5.41, 5.74) is 3.84. The average molecular weight is 467 g/mol. The molecule has 1 aliphatic carbocycles. The summed E-state index contributed by atoms with van der Waals surface area (Å²) in [6.45, 7) is 1.23. The number of methoxy groups -OCH3 is 1. The maximum Gasteiger partial charge on any atom is 0.409 e. The van der Waals surface area contributed by atoms with Gasteiger partial charge in [-0.2, -0.15) is 0 Å². The van der Waals surface area contributed by atoms with Crippen LogP contribution >= 0.6 is 0 Å². The quantitative estimate of drug-likeness (QED) is 0.623. The molecule has 5 rings (SSSR count). The van der Waals surface area contributed by atoms with Crippen LogP contribution in [-0.4, -0.2) is 66.2 Å². The predicted molar refractivity (Wildman–Crippen MR) is 123 cm³/mol. The zero-order valence-electron chi connectivity index (χ0n) is 19.2. The predicted octanol–water partition coefficient (Wildman–Crippen LogP) is 3.39. The molecule has 1 saturated heterocycles. The van der Waals surface area contributed by atoms with E-state index in [1.807, 2.05) is 10.6 Å². The molecule has 9 heteroatoms. The number of nitrogens with zero attached hydrogens (tertiary/aromatic N) is 3. The van der Waals surface area contributed by atoms with Crippen LogP contribution in [0.5, 0.6) is 0 Å². The van der Waals surface area contributed by atoms with Crippen molar-refractivity contribution in [3.05, 3.63) is 59.2 Å². The lowest BCUT2D eigenvalue weighted by Crippen LogP contribution is -2.46. The molecular weight excluding hydrogens is 439 g/mol. The van der Waals surface area contributed by atoms with Crippen molar-refractivity contribution in [2.45, 2.75) is 31.3 Å². The Morgan fingerprint density at radius 1 is 1.26 bits per heavy atom. The zero-order chi connectivity index (χ0) is 23.8. The number of carbonyl (C=O) groups excluding carboxylic acids is 2. The van der Waals surface area contributed by atoms with Crippen molar-refractivity contribution < 1.29 is 23.5 Å². The summed E-state index contributed by atoms with van der Waals surface area (Å²) >= 11 is 0. The summed E-state index contributed by atoms with van der Waals surface area (Å²) in [5, 5.41) is 2.51. The van der Waals surface area contributed by atoms with Crippen molar-refractivity contribution >= 4 is 17.6 Å². The second kappa shape index (κ2) is 9.06.